The number of ether oxygens (including phenoxy) is 9. The number of hydrogen-bond donors (Lipinski definition) is 2. The number of ketones is 1. The Hall–Kier alpha value is -1.29. The number of nitrogens with two attached hydrogens (primary N) is 1. The van der Waals surface area contributed by atoms with Gasteiger partial charge in [-0.3, -0.25) is 4.79 Å². The molecular weight excluding hydrogens is 670 g/mol. The first-order valence-electron chi connectivity index (χ1n) is 20.2. The van der Waals surface area contributed by atoms with E-state index >= 15 is 0 Å². The van der Waals surface area contributed by atoms with Crippen LogP contribution >= 0.6 is 0 Å². The van der Waals surface area contributed by atoms with Gasteiger partial charge in [-0.05, 0) is 62.0 Å². The molecule has 3 N–H and O–H groups in total. The van der Waals surface area contributed by atoms with Crippen molar-refractivity contribution in [2.75, 3.05) is 13.7 Å². The quantitative estimate of drug-likeness (QED) is 0.409. The predicted octanol–water partition coefficient (Wildman–Crippen LogP) is 3.44. The lowest BCUT2D eigenvalue weighted by Crippen LogP contribution is -2.61. The fourth-order valence-corrected chi connectivity index (χ4v) is 11.3. The van der Waals surface area contributed by atoms with Gasteiger partial charge >= 0.3 is 0 Å². The first-order valence-corrected chi connectivity index (χ1v) is 20.2. The van der Waals surface area contributed by atoms with Crippen LogP contribution in [0.25, 0.3) is 0 Å². The number of aliphatic hydroxyl groups excluding tert-OH is 1. The number of carbonyl (C=O) groups is 1. The molecule has 290 valence electrons. The van der Waals surface area contributed by atoms with Crippen LogP contribution in [0.4, 0.5) is 0 Å². The van der Waals surface area contributed by atoms with Gasteiger partial charge in [-0.2, -0.15) is 0 Å². The Bertz CT molecular complexity index is 1380. The zero-order valence-corrected chi connectivity index (χ0v) is 30.8. The highest BCUT2D eigenvalue weighted by atomic mass is 16.8. The molecule has 10 aliphatic heterocycles. The van der Waals surface area contributed by atoms with Gasteiger partial charge in [0.2, 0.25) is 0 Å². The van der Waals surface area contributed by atoms with Gasteiger partial charge in [0.25, 0.3) is 0 Å². The standard InChI is InChI=1S/C40H59NO11/c1-19-11-24-5-7-28-20(2)12-26(45-28)9-10-40-17-33-36(51-40)37-38(50-33)39(52-40)35-29(49-37)8-6-25(47-35)13-22(42)14-27-31(16-30(46-24)21(19)3)48-32(34(27)44-4)15-23(43)18-41/h19,23-39,43H,2-3,5-18,41H2,1,4H3/t19-,23+,24+,25-,26+,27+,28+,29+,30-,31+,32-,33-,34-,35+,36+,37+,38?,39+,40?/m1/s1. The number of rotatable bonds is 4. The molecule has 0 aromatic rings. The van der Waals surface area contributed by atoms with E-state index in [1.165, 1.54) is 0 Å². The second-order valence-electron chi connectivity index (χ2n) is 17.4. The summed E-state index contributed by atoms with van der Waals surface area (Å²) in [5, 5.41) is 10.5. The Morgan fingerprint density at radius 3 is 2.38 bits per heavy atom. The number of hydrogen-bond acceptors (Lipinski definition) is 12. The van der Waals surface area contributed by atoms with E-state index in [1.54, 1.807) is 7.11 Å². The SMILES string of the molecule is C=C1C[C@@H]2CCC34C[C@H]5OC6[C@@H](O[C@H]7CC[C@H](CC(=O)C[C@@H]8[C@@H](OC)[C@@H](C[C@H](O)CN)O[C@H]8C[C@H]8O[C@@H](CC[C@@H]1O2)C[C@@H](C)C8=C)O[C@@H]7[C@@H]6O3)[C@H]5O4. The van der Waals surface area contributed by atoms with E-state index in [0.29, 0.717) is 25.7 Å². The van der Waals surface area contributed by atoms with Crippen molar-refractivity contribution in [1.82, 2.24) is 0 Å². The van der Waals surface area contributed by atoms with E-state index in [-0.39, 0.29) is 122 Å². The molecule has 10 rings (SSSR count). The minimum absolute atomic E-state index is 0.0158. The minimum atomic E-state index is -0.780. The van der Waals surface area contributed by atoms with Gasteiger partial charge in [0.15, 0.2) is 5.79 Å². The van der Waals surface area contributed by atoms with Gasteiger partial charge in [0.1, 0.15) is 36.3 Å². The number of carbonyl (C=O) groups excluding carboxylic acids is 1. The molecule has 10 heterocycles. The Labute approximate surface area is 307 Å². The maximum Gasteiger partial charge on any atom is 0.172 e. The Balaban J connectivity index is 0.994. The van der Waals surface area contributed by atoms with Crippen molar-refractivity contribution < 1.29 is 52.5 Å². The van der Waals surface area contributed by atoms with Gasteiger partial charge in [-0.15, -0.1) is 0 Å². The highest BCUT2D eigenvalue weighted by molar-refractivity contribution is 5.79. The summed E-state index contributed by atoms with van der Waals surface area (Å²) in [7, 11) is 1.66. The van der Waals surface area contributed by atoms with Crippen LogP contribution in [-0.4, -0.2) is 128 Å². The molecule has 52 heavy (non-hydrogen) atoms. The molecule has 0 radical (unpaired) electrons. The normalized spacial score (nSPS) is 52.4. The third kappa shape index (κ3) is 6.59. The summed E-state index contributed by atoms with van der Waals surface area (Å²) >= 11 is 0. The number of fused-ring (bicyclic) bond motifs is 6. The van der Waals surface area contributed by atoms with E-state index in [0.717, 1.165) is 56.1 Å². The second-order valence-corrected chi connectivity index (χ2v) is 17.4. The molecule has 2 unspecified atom stereocenters. The molecule has 0 aliphatic carbocycles. The van der Waals surface area contributed by atoms with Crippen LogP contribution in [0, 0.1) is 11.8 Å². The van der Waals surface area contributed by atoms with Crippen molar-refractivity contribution in [3.63, 3.8) is 0 Å². The van der Waals surface area contributed by atoms with E-state index in [9.17, 15) is 9.90 Å². The zero-order chi connectivity index (χ0) is 35.9. The van der Waals surface area contributed by atoms with Crippen LogP contribution in [-0.2, 0) is 47.4 Å². The fraction of sp³-hybridized carbons (Fsp3) is 0.875. The molecule has 1 spiro atoms. The van der Waals surface area contributed by atoms with Crippen LogP contribution in [0.3, 0.4) is 0 Å². The second kappa shape index (κ2) is 14.3. The maximum absolute atomic E-state index is 14.1. The van der Waals surface area contributed by atoms with Crippen molar-refractivity contribution in [2.24, 2.45) is 17.6 Å². The highest BCUT2D eigenvalue weighted by Gasteiger charge is 2.68. The molecule has 19 atom stereocenters. The summed E-state index contributed by atoms with van der Waals surface area (Å²) in [4.78, 5) is 14.1. The highest BCUT2D eigenvalue weighted by Crippen LogP contribution is 2.54. The van der Waals surface area contributed by atoms with Crippen molar-refractivity contribution >= 4 is 5.78 Å². The van der Waals surface area contributed by atoms with Crippen molar-refractivity contribution in [2.45, 2.75) is 194 Å². The Morgan fingerprint density at radius 2 is 1.56 bits per heavy atom. The van der Waals surface area contributed by atoms with Crippen molar-refractivity contribution in [1.29, 1.82) is 0 Å². The van der Waals surface area contributed by atoms with Gasteiger partial charge in [-0.1, -0.05) is 20.1 Å². The molecule has 10 saturated heterocycles. The van der Waals surface area contributed by atoms with Crippen molar-refractivity contribution in [3.05, 3.63) is 24.3 Å². The lowest BCUT2D eigenvalue weighted by Gasteiger charge is -2.47. The van der Waals surface area contributed by atoms with Gasteiger partial charge in [-0.25, -0.2) is 0 Å². The third-order valence-corrected chi connectivity index (χ3v) is 14.0. The van der Waals surface area contributed by atoms with E-state index in [2.05, 4.69) is 20.1 Å². The number of aliphatic hydroxyl groups is 1. The molecule has 12 nitrogen and oxygen atoms in total. The van der Waals surface area contributed by atoms with Crippen LogP contribution in [0.5, 0.6) is 0 Å². The zero-order valence-electron chi connectivity index (χ0n) is 30.8. The first kappa shape index (κ1) is 36.4. The fourth-order valence-electron chi connectivity index (χ4n) is 11.3. The van der Waals surface area contributed by atoms with E-state index < -0.39 is 18.0 Å². The van der Waals surface area contributed by atoms with Gasteiger partial charge in [0.05, 0.1) is 67.1 Å². The van der Waals surface area contributed by atoms with Crippen LogP contribution in [0.15, 0.2) is 24.3 Å². The van der Waals surface area contributed by atoms with Gasteiger partial charge < -0.3 is 53.5 Å². The van der Waals surface area contributed by atoms with Crippen molar-refractivity contribution in [3.8, 4) is 0 Å². The monoisotopic (exact) mass is 729 g/mol. The van der Waals surface area contributed by atoms with Crippen LogP contribution < -0.4 is 5.73 Å². The lowest BCUT2D eigenvalue weighted by atomic mass is 9.81. The summed E-state index contributed by atoms with van der Waals surface area (Å²) in [5.41, 5.74) is 8.01. The first-order chi connectivity index (χ1) is 25.1. The molecule has 0 saturated carbocycles. The predicted molar refractivity (Wildman–Crippen MR) is 186 cm³/mol. The maximum atomic E-state index is 14.1. The molecular formula is C40H59NO11. The average Bonchev–Trinajstić information content (AvgIpc) is 3.79. The summed E-state index contributed by atoms with van der Waals surface area (Å²) < 4.78 is 60.0. The largest absolute Gasteiger partial charge is 0.392 e. The number of Topliss-reactive ketones (excluding diaryl/α,β-unsaturated/α-hetero) is 1. The summed E-state index contributed by atoms with van der Waals surface area (Å²) in [6.45, 7) is 11.3. The Kier molecular flexibility index (Phi) is 10.0. The summed E-state index contributed by atoms with van der Waals surface area (Å²) in [6.07, 6.45) is 4.85. The summed E-state index contributed by atoms with van der Waals surface area (Å²) in [5.74, 6) is -0.619. The lowest BCUT2D eigenvalue weighted by molar-refractivity contribution is -0.292. The average molecular weight is 730 g/mol. The molecule has 0 amide bonds. The van der Waals surface area contributed by atoms with Crippen LogP contribution in [0.1, 0.15) is 90.4 Å². The molecule has 0 aromatic carbocycles. The summed E-state index contributed by atoms with van der Waals surface area (Å²) in [6, 6.07) is 0. The minimum Gasteiger partial charge on any atom is -0.392 e. The van der Waals surface area contributed by atoms with E-state index in [4.69, 9.17) is 48.4 Å². The molecule has 12 heteroatoms. The van der Waals surface area contributed by atoms with Crippen LogP contribution in [0.2, 0.25) is 0 Å². The topological polar surface area (TPSA) is 146 Å². The van der Waals surface area contributed by atoms with E-state index in [1.807, 2.05) is 0 Å². The molecule has 0 aromatic heterocycles. The smallest absolute Gasteiger partial charge is 0.172 e. The molecule has 10 aliphatic rings. The molecule has 12 bridgehead atoms. The molecule has 10 fully saturated rings. The van der Waals surface area contributed by atoms with Gasteiger partial charge in [0, 0.05) is 58.1 Å². The Morgan fingerprint density at radius 1 is 0.808 bits per heavy atom. The number of methoxy groups -OCH3 is 1. The third-order valence-electron chi connectivity index (χ3n) is 14.0.